The van der Waals surface area contributed by atoms with Crippen LogP contribution in [0, 0.1) is 5.92 Å². The van der Waals surface area contributed by atoms with Crippen molar-refractivity contribution in [3.8, 4) is 0 Å². The first kappa shape index (κ1) is 13.9. The lowest BCUT2D eigenvalue weighted by Crippen LogP contribution is -2.23. The fourth-order valence-electron chi connectivity index (χ4n) is 2.15. The third kappa shape index (κ3) is 4.24. The van der Waals surface area contributed by atoms with Crippen molar-refractivity contribution in [3.05, 3.63) is 29.3 Å². The molecule has 1 fully saturated rings. The normalized spacial score (nSPS) is 15.2. The Bertz CT molecular complexity index is 452. The second-order valence-electron chi connectivity index (χ2n) is 4.64. The van der Waals surface area contributed by atoms with Gasteiger partial charge in [0.2, 0.25) is 0 Å². The van der Waals surface area contributed by atoms with Crippen LogP contribution in [0.4, 0.5) is 5.69 Å². The Hall–Kier alpha value is -1.55. The lowest BCUT2D eigenvalue weighted by molar-refractivity contribution is -0.151. The molecule has 0 heterocycles. The van der Waals surface area contributed by atoms with Crippen LogP contribution in [0.25, 0.3) is 0 Å². The molecule has 1 aromatic rings. The van der Waals surface area contributed by atoms with Gasteiger partial charge in [-0.3, -0.25) is 9.59 Å². The monoisotopic (exact) mass is 281 g/mol. The minimum atomic E-state index is -0.339. The maximum absolute atomic E-state index is 11.6. The van der Waals surface area contributed by atoms with E-state index >= 15 is 0 Å². The van der Waals surface area contributed by atoms with Crippen molar-refractivity contribution in [3.63, 3.8) is 0 Å². The van der Waals surface area contributed by atoms with Crippen LogP contribution in [0.15, 0.2) is 24.3 Å². The minimum absolute atomic E-state index is 0.0247. The van der Waals surface area contributed by atoms with Crippen molar-refractivity contribution >= 4 is 29.2 Å². The van der Waals surface area contributed by atoms with Crippen molar-refractivity contribution in [1.29, 1.82) is 0 Å². The number of rotatable bonds is 4. The summed E-state index contributed by atoms with van der Waals surface area (Å²) >= 11 is 5.74. The SMILES string of the molecule is O=C(COC(=O)C1CCCC1)Nc1ccc(Cl)cc1. The molecule has 4 nitrogen and oxygen atoms in total. The summed E-state index contributed by atoms with van der Waals surface area (Å²) in [5.74, 6) is -0.624. The molecule has 0 radical (unpaired) electrons. The summed E-state index contributed by atoms with van der Waals surface area (Å²) in [6.45, 7) is -0.238. The molecular weight excluding hydrogens is 266 g/mol. The van der Waals surface area contributed by atoms with Crippen LogP contribution in [-0.2, 0) is 14.3 Å². The van der Waals surface area contributed by atoms with E-state index in [1.165, 1.54) is 0 Å². The number of amides is 1. The van der Waals surface area contributed by atoms with Crippen molar-refractivity contribution in [1.82, 2.24) is 0 Å². The van der Waals surface area contributed by atoms with Crippen LogP contribution in [0.5, 0.6) is 0 Å². The molecule has 0 atom stereocenters. The Balaban J connectivity index is 1.75. The summed E-state index contributed by atoms with van der Waals surface area (Å²) in [4.78, 5) is 23.2. The van der Waals surface area contributed by atoms with Crippen LogP contribution in [-0.4, -0.2) is 18.5 Å². The number of nitrogens with one attached hydrogen (secondary N) is 1. The van der Waals surface area contributed by atoms with Gasteiger partial charge in [0.05, 0.1) is 5.92 Å². The van der Waals surface area contributed by atoms with Gasteiger partial charge in [0.25, 0.3) is 5.91 Å². The summed E-state index contributed by atoms with van der Waals surface area (Å²) < 4.78 is 5.01. The minimum Gasteiger partial charge on any atom is -0.455 e. The zero-order valence-electron chi connectivity index (χ0n) is 10.5. The predicted octanol–water partition coefficient (Wildman–Crippen LogP) is 3.01. The van der Waals surface area contributed by atoms with E-state index in [2.05, 4.69) is 5.32 Å². The van der Waals surface area contributed by atoms with Gasteiger partial charge in [-0.15, -0.1) is 0 Å². The van der Waals surface area contributed by atoms with Gasteiger partial charge in [0, 0.05) is 10.7 Å². The summed E-state index contributed by atoms with van der Waals surface area (Å²) in [5, 5.41) is 3.24. The molecule has 5 heteroatoms. The lowest BCUT2D eigenvalue weighted by atomic mass is 10.1. The number of halogens is 1. The fraction of sp³-hybridized carbons (Fsp3) is 0.429. The van der Waals surface area contributed by atoms with E-state index in [1.807, 2.05) is 0 Å². The van der Waals surface area contributed by atoms with E-state index in [9.17, 15) is 9.59 Å². The van der Waals surface area contributed by atoms with Gasteiger partial charge in [0.15, 0.2) is 6.61 Å². The average Bonchev–Trinajstić information content (AvgIpc) is 2.93. The van der Waals surface area contributed by atoms with E-state index < -0.39 is 0 Å². The Labute approximate surface area is 117 Å². The molecule has 1 aromatic carbocycles. The summed E-state index contributed by atoms with van der Waals surface area (Å²) in [6, 6.07) is 6.75. The first-order valence-electron chi connectivity index (χ1n) is 6.37. The van der Waals surface area contributed by atoms with Crippen LogP contribution >= 0.6 is 11.6 Å². The zero-order valence-corrected chi connectivity index (χ0v) is 11.3. The van der Waals surface area contributed by atoms with Crippen molar-refractivity contribution < 1.29 is 14.3 Å². The number of ether oxygens (including phenoxy) is 1. The number of hydrogen-bond donors (Lipinski definition) is 1. The van der Waals surface area contributed by atoms with Crippen LogP contribution < -0.4 is 5.32 Å². The van der Waals surface area contributed by atoms with Gasteiger partial charge in [-0.1, -0.05) is 24.4 Å². The average molecular weight is 282 g/mol. The third-order valence-corrected chi connectivity index (χ3v) is 3.41. The highest BCUT2D eigenvalue weighted by molar-refractivity contribution is 6.30. The highest BCUT2D eigenvalue weighted by Crippen LogP contribution is 2.25. The molecule has 1 saturated carbocycles. The van der Waals surface area contributed by atoms with E-state index in [0.29, 0.717) is 10.7 Å². The largest absolute Gasteiger partial charge is 0.455 e. The quantitative estimate of drug-likeness (QED) is 0.863. The van der Waals surface area contributed by atoms with E-state index in [1.54, 1.807) is 24.3 Å². The second kappa shape index (κ2) is 6.57. The molecule has 2 rings (SSSR count). The summed E-state index contributed by atoms with van der Waals surface area (Å²) in [6.07, 6.45) is 3.88. The number of carbonyl (C=O) groups is 2. The van der Waals surface area contributed by atoms with Gasteiger partial charge in [-0.05, 0) is 37.1 Å². The van der Waals surface area contributed by atoms with E-state index in [-0.39, 0.29) is 24.4 Å². The zero-order chi connectivity index (χ0) is 13.7. The third-order valence-electron chi connectivity index (χ3n) is 3.16. The molecule has 0 unspecified atom stereocenters. The smallest absolute Gasteiger partial charge is 0.309 e. The van der Waals surface area contributed by atoms with Crippen molar-refractivity contribution in [2.45, 2.75) is 25.7 Å². The first-order valence-corrected chi connectivity index (χ1v) is 6.75. The Kier molecular flexibility index (Phi) is 4.80. The molecule has 0 saturated heterocycles. The number of benzene rings is 1. The number of hydrogen-bond acceptors (Lipinski definition) is 3. The molecule has 0 aromatic heterocycles. The maximum Gasteiger partial charge on any atom is 0.309 e. The van der Waals surface area contributed by atoms with Crippen LogP contribution in [0.3, 0.4) is 0 Å². The van der Waals surface area contributed by atoms with Gasteiger partial charge in [-0.25, -0.2) is 0 Å². The highest BCUT2D eigenvalue weighted by Gasteiger charge is 2.24. The standard InChI is InChI=1S/C14H16ClNO3/c15-11-5-7-12(8-6-11)16-13(17)9-19-14(18)10-3-1-2-4-10/h5-8,10H,1-4,9H2,(H,16,17). The van der Waals surface area contributed by atoms with Gasteiger partial charge < -0.3 is 10.1 Å². The Morgan fingerprint density at radius 2 is 1.84 bits per heavy atom. The number of anilines is 1. The first-order chi connectivity index (χ1) is 9.15. The van der Waals surface area contributed by atoms with Gasteiger partial charge in [0.1, 0.15) is 0 Å². The van der Waals surface area contributed by atoms with Crippen LogP contribution in [0.1, 0.15) is 25.7 Å². The van der Waals surface area contributed by atoms with Crippen LogP contribution in [0.2, 0.25) is 5.02 Å². The number of esters is 1. The van der Waals surface area contributed by atoms with Crippen molar-refractivity contribution in [2.75, 3.05) is 11.9 Å². The highest BCUT2D eigenvalue weighted by atomic mass is 35.5. The molecule has 0 aliphatic heterocycles. The molecule has 0 spiro atoms. The van der Waals surface area contributed by atoms with Crippen molar-refractivity contribution in [2.24, 2.45) is 5.92 Å². The molecule has 0 bridgehead atoms. The summed E-state index contributed by atoms with van der Waals surface area (Å²) in [5.41, 5.74) is 0.631. The lowest BCUT2D eigenvalue weighted by Gasteiger charge is -2.09. The topological polar surface area (TPSA) is 55.4 Å². The molecule has 102 valence electrons. The van der Waals surface area contributed by atoms with Gasteiger partial charge in [-0.2, -0.15) is 0 Å². The Morgan fingerprint density at radius 3 is 2.47 bits per heavy atom. The summed E-state index contributed by atoms with van der Waals surface area (Å²) in [7, 11) is 0. The van der Waals surface area contributed by atoms with E-state index in [0.717, 1.165) is 25.7 Å². The molecule has 1 aliphatic carbocycles. The second-order valence-corrected chi connectivity index (χ2v) is 5.08. The maximum atomic E-state index is 11.6. The Morgan fingerprint density at radius 1 is 1.21 bits per heavy atom. The van der Waals surface area contributed by atoms with E-state index in [4.69, 9.17) is 16.3 Å². The number of carbonyl (C=O) groups excluding carboxylic acids is 2. The molecule has 1 amide bonds. The molecular formula is C14H16ClNO3. The fourth-order valence-corrected chi connectivity index (χ4v) is 2.27. The molecule has 19 heavy (non-hydrogen) atoms. The van der Waals surface area contributed by atoms with Gasteiger partial charge >= 0.3 is 5.97 Å². The molecule has 1 N–H and O–H groups in total. The predicted molar refractivity (Wildman–Crippen MR) is 73.0 cm³/mol. The molecule has 1 aliphatic rings.